The number of hydrogen-bond acceptors (Lipinski definition) is 3. The summed E-state index contributed by atoms with van der Waals surface area (Å²) in [5.41, 5.74) is 2.85. The van der Waals surface area contributed by atoms with Crippen LogP contribution in [0.2, 0.25) is 0 Å². The minimum atomic E-state index is -0.136. The molecule has 0 bridgehead atoms. The highest BCUT2D eigenvalue weighted by Gasteiger charge is 2.44. The predicted octanol–water partition coefficient (Wildman–Crippen LogP) is 2.40. The highest BCUT2D eigenvalue weighted by molar-refractivity contribution is 5.97. The van der Waals surface area contributed by atoms with Crippen molar-refractivity contribution in [3.8, 4) is 0 Å². The summed E-state index contributed by atoms with van der Waals surface area (Å²) in [4.78, 5) is 33.2. The molecule has 1 atom stereocenters. The zero-order valence-corrected chi connectivity index (χ0v) is 14.5. The summed E-state index contributed by atoms with van der Waals surface area (Å²) >= 11 is 0. The van der Waals surface area contributed by atoms with Crippen molar-refractivity contribution in [1.82, 2.24) is 14.8 Å². The smallest absolute Gasteiger partial charge is 0.255 e. The molecule has 2 aliphatic heterocycles. The van der Waals surface area contributed by atoms with Gasteiger partial charge in [-0.3, -0.25) is 14.6 Å². The minimum absolute atomic E-state index is 0.0102. The van der Waals surface area contributed by atoms with E-state index >= 15 is 0 Å². The van der Waals surface area contributed by atoms with Crippen LogP contribution in [0.5, 0.6) is 0 Å². The lowest BCUT2D eigenvalue weighted by Crippen LogP contribution is -2.58. The van der Waals surface area contributed by atoms with Gasteiger partial charge in [-0.2, -0.15) is 0 Å². The third-order valence-electron chi connectivity index (χ3n) is 5.23. The molecule has 1 unspecified atom stereocenters. The third-order valence-corrected chi connectivity index (χ3v) is 5.23. The van der Waals surface area contributed by atoms with Crippen molar-refractivity contribution in [2.75, 3.05) is 19.6 Å². The molecule has 0 radical (unpaired) electrons. The Morgan fingerprint density at radius 2 is 2.00 bits per heavy atom. The molecule has 4 rings (SSSR count). The molecule has 0 aliphatic carbocycles. The van der Waals surface area contributed by atoms with Gasteiger partial charge in [-0.1, -0.05) is 38.1 Å². The molecule has 1 aromatic heterocycles. The Morgan fingerprint density at radius 3 is 2.76 bits per heavy atom. The predicted molar refractivity (Wildman–Crippen MR) is 94.1 cm³/mol. The molecule has 2 aromatic rings. The van der Waals surface area contributed by atoms with Crippen LogP contribution in [0.1, 0.15) is 41.4 Å². The summed E-state index contributed by atoms with van der Waals surface area (Å²) < 4.78 is 0. The third kappa shape index (κ3) is 2.60. The zero-order chi connectivity index (χ0) is 17.6. The number of amides is 2. The number of pyridine rings is 1. The van der Waals surface area contributed by atoms with E-state index < -0.39 is 0 Å². The normalized spacial score (nSPS) is 21.5. The number of piperazine rings is 1. The van der Waals surface area contributed by atoms with Gasteiger partial charge in [0.05, 0.1) is 11.6 Å². The average Bonchev–Trinajstić information content (AvgIpc) is 2.63. The zero-order valence-electron chi connectivity index (χ0n) is 14.5. The van der Waals surface area contributed by atoms with Gasteiger partial charge in [0.25, 0.3) is 5.91 Å². The van der Waals surface area contributed by atoms with Gasteiger partial charge in [-0.05, 0) is 23.3 Å². The minimum Gasteiger partial charge on any atom is -0.331 e. The number of fused-ring (bicyclic) bond motifs is 3. The fourth-order valence-corrected chi connectivity index (χ4v) is 4.01. The Balaban J connectivity index is 1.69. The first-order valence-electron chi connectivity index (χ1n) is 8.55. The molecular formula is C20H21N3O2. The Bertz CT molecular complexity index is 832. The first kappa shape index (κ1) is 15.8. The molecule has 2 amide bonds. The first-order valence-corrected chi connectivity index (χ1v) is 8.55. The van der Waals surface area contributed by atoms with Crippen molar-refractivity contribution >= 4 is 11.8 Å². The second kappa shape index (κ2) is 5.69. The molecule has 25 heavy (non-hydrogen) atoms. The lowest BCUT2D eigenvalue weighted by Gasteiger charge is -2.49. The fourth-order valence-electron chi connectivity index (χ4n) is 4.01. The number of rotatable bonds is 1. The van der Waals surface area contributed by atoms with Crippen LogP contribution in [0.4, 0.5) is 0 Å². The SMILES string of the molecule is CC1(C)CN2C(=O)CN(C(=O)c3cccnc3)CC2c2ccccc21. The number of benzene rings is 1. The summed E-state index contributed by atoms with van der Waals surface area (Å²) in [5.74, 6) is -0.125. The van der Waals surface area contributed by atoms with Gasteiger partial charge in [0.1, 0.15) is 6.54 Å². The van der Waals surface area contributed by atoms with Crippen LogP contribution in [0, 0.1) is 0 Å². The second-order valence-electron chi connectivity index (χ2n) is 7.44. The Kier molecular flexibility index (Phi) is 3.60. The summed E-state index contributed by atoms with van der Waals surface area (Å²) in [6, 6.07) is 11.7. The van der Waals surface area contributed by atoms with Gasteiger partial charge in [0.2, 0.25) is 5.91 Å². The largest absolute Gasteiger partial charge is 0.331 e. The Morgan fingerprint density at radius 1 is 1.20 bits per heavy atom. The molecule has 0 saturated carbocycles. The van der Waals surface area contributed by atoms with Crippen molar-refractivity contribution in [3.63, 3.8) is 0 Å². The van der Waals surface area contributed by atoms with Crippen LogP contribution >= 0.6 is 0 Å². The molecule has 5 heteroatoms. The molecule has 0 spiro atoms. The number of carbonyl (C=O) groups excluding carboxylic acids is 2. The maximum Gasteiger partial charge on any atom is 0.255 e. The van der Waals surface area contributed by atoms with Gasteiger partial charge in [0.15, 0.2) is 0 Å². The van der Waals surface area contributed by atoms with E-state index in [1.54, 1.807) is 29.4 Å². The van der Waals surface area contributed by atoms with Crippen molar-refractivity contribution in [2.24, 2.45) is 0 Å². The first-order chi connectivity index (χ1) is 12.0. The van der Waals surface area contributed by atoms with E-state index in [4.69, 9.17) is 0 Å². The topological polar surface area (TPSA) is 53.5 Å². The summed E-state index contributed by atoms with van der Waals surface area (Å²) in [6.07, 6.45) is 3.19. The van der Waals surface area contributed by atoms with Crippen molar-refractivity contribution in [3.05, 3.63) is 65.5 Å². The van der Waals surface area contributed by atoms with E-state index in [9.17, 15) is 9.59 Å². The van der Waals surface area contributed by atoms with Gasteiger partial charge < -0.3 is 9.80 Å². The van der Waals surface area contributed by atoms with E-state index in [1.165, 1.54) is 5.56 Å². The van der Waals surface area contributed by atoms with Gasteiger partial charge in [-0.15, -0.1) is 0 Å². The lowest BCUT2D eigenvalue weighted by molar-refractivity contribution is -0.140. The highest BCUT2D eigenvalue weighted by Crippen LogP contribution is 2.41. The van der Waals surface area contributed by atoms with Gasteiger partial charge in [-0.25, -0.2) is 0 Å². The highest BCUT2D eigenvalue weighted by atomic mass is 16.2. The quantitative estimate of drug-likeness (QED) is 0.804. The number of hydrogen-bond donors (Lipinski definition) is 0. The van der Waals surface area contributed by atoms with Crippen LogP contribution in [-0.2, 0) is 10.2 Å². The van der Waals surface area contributed by atoms with E-state index in [2.05, 4.69) is 31.0 Å². The molecule has 0 N–H and O–H groups in total. The van der Waals surface area contributed by atoms with E-state index in [-0.39, 0.29) is 29.8 Å². The summed E-state index contributed by atoms with van der Waals surface area (Å²) in [6.45, 7) is 5.67. The molecule has 1 saturated heterocycles. The molecule has 128 valence electrons. The Labute approximate surface area is 147 Å². The Hall–Kier alpha value is -2.69. The van der Waals surface area contributed by atoms with E-state index in [0.717, 1.165) is 5.56 Å². The van der Waals surface area contributed by atoms with E-state index in [1.807, 2.05) is 17.0 Å². The van der Waals surface area contributed by atoms with Crippen LogP contribution in [0.3, 0.4) is 0 Å². The van der Waals surface area contributed by atoms with E-state index in [0.29, 0.717) is 18.7 Å². The van der Waals surface area contributed by atoms with Gasteiger partial charge in [0, 0.05) is 30.9 Å². The summed E-state index contributed by atoms with van der Waals surface area (Å²) in [7, 11) is 0. The molecule has 5 nitrogen and oxygen atoms in total. The van der Waals surface area contributed by atoms with Gasteiger partial charge >= 0.3 is 0 Å². The lowest BCUT2D eigenvalue weighted by atomic mass is 9.75. The maximum atomic E-state index is 12.8. The molecule has 2 aliphatic rings. The van der Waals surface area contributed by atoms with Crippen LogP contribution in [0.25, 0.3) is 0 Å². The van der Waals surface area contributed by atoms with Crippen LogP contribution in [-0.4, -0.2) is 46.2 Å². The fraction of sp³-hybridized carbons (Fsp3) is 0.350. The standard InChI is InChI=1S/C20H21N3O2/c1-20(2)13-23-17(15-7-3-4-8-16(15)20)11-22(12-18(23)24)19(25)14-6-5-9-21-10-14/h3-10,17H,11-13H2,1-2H3. The summed E-state index contributed by atoms with van der Waals surface area (Å²) in [5, 5.41) is 0. The number of nitrogens with zero attached hydrogens (tertiary/aromatic N) is 3. The second-order valence-corrected chi connectivity index (χ2v) is 7.44. The van der Waals surface area contributed by atoms with Crippen LogP contribution in [0.15, 0.2) is 48.8 Å². The molecular weight excluding hydrogens is 314 g/mol. The van der Waals surface area contributed by atoms with Crippen molar-refractivity contribution < 1.29 is 9.59 Å². The molecule has 1 fully saturated rings. The molecule has 1 aromatic carbocycles. The average molecular weight is 335 g/mol. The number of aromatic nitrogens is 1. The molecule has 3 heterocycles. The van der Waals surface area contributed by atoms with Crippen molar-refractivity contribution in [2.45, 2.75) is 25.3 Å². The monoisotopic (exact) mass is 335 g/mol. The maximum absolute atomic E-state index is 12.8. The van der Waals surface area contributed by atoms with Crippen LogP contribution < -0.4 is 0 Å². The van der Waals surface area contributed by atoms with Crippen molar-refractivity contribution in [1.29, 1.82) is 0 Å². The number of carbonyl (C=O) groups is 2.